The number of hydrogen-bond acceptors (Lipinski definition) is 5. The van der Waals surface area contributed by atoms with Gasteiger partial charge in [0.15, 0.2) is 10.7 Å². The molecule has 0 atom stereocenters. The van der Waals surface area contributed by atoms with Gasteiger partial charge in [0.05, 0.1) is 0 Å². The highest BCUT2D eigenvalue weighted by Crippen LogP contribution is 2.25. The van der Waals surface area contributed by atoms with Crippen LogP contribution in [0.25, 0.3) is 0 Å². The molecule has 0 saturated carbocycles. The lowest BCUT2D eigenvalue weighted by atomic mass is 10.4. The molecule has 2 rings (SSSR count). The summed E-state index contributed by atoms with van der Waals surface area (Å²) in [6.45, 7) is 4.19. The molecule has 0 unspecified atom stereocenters. The molecule has 0 aliphatic rings. The SMILES string of the molecule is CC(C)n1ncnc1COc1ccsc1C(=O)O. The van der Waals surface area contributed by atoms with Crippen molar-refractivity contribution in [3.05, 3.63) is 28.5 Å². The quantitative estimate of drug-likeness (QED) is 0.898. The monoisotopic (exact) mass is 267 g/mol. The van der Waals surface area contributed by atoms with Gasteiger partial charge in [-0.15, -0.1) is 11.3 Å². The van der Waals surface area contributed by atoms with Crippen LogP contribution in [-0.4, -0.2) is 25.8 Å². The maximum absolute atomic E-state index is 10.9. The standard InChI is InChI=1S/C11H13N3O3S/c1-7(2)14-9(12-6-13-14)5-17-8-3-4-18-10(8)11(15)16/h3-4,6-7H,5H2,1-2H3,(H,15,16). The third-order valence-corrected chi connectivity index (χ3v) is 3.20. The van der Waals surface area contributed by atoms with Crippen molar-refractivity contribution >= 4 is 17.3 Å². The summed E-state index contributed by atoms with van der Waals surface area (Å²) < 4.78 is 7.22. The fourth-order valence-electron chi connectivity index (χ4n) is 1.52. The lowest BCUT2D eigenvalue weighted by molar-refractivity contribution is 0.0697. The topological polar surface area (TPSA) is 77.2 Å². The molecule has 0 spiro atoms. The van der Waals surface area contributed by atoms with E-state index in [1.54, 1.807) is 16.1 Å². The fourth-order valence-corrected chi connectivity index (χ4v) is 2.19. The average molecular weight is 267 g/mol. The molecule has 0 aromatic carbocycles. The molecule has 0 fully saturated rings. The molecular formula is C11H13N3O3S. The number of aromatic carboxylic acids is 1. The van der Waals surface area contributed by atoms with Gasteiger partial charge in [-0.25, -0.2) is 14.5 Å². The number of ether oxygens (including phenoxy) is 1. The first-order valence-electron chi connectivity index (χ1n) is 5.41. The molecule has 96 valence electrons. The number of aromatic nitrogens is 3. The van der Waals surface area contributed by atoms with E-state index >= 15 is 0 Å². The molecule has 6 nitrogen and oxygen atoms in total. The van der Waals surface area contributed by atoms with Crippen LogP contribution in [0.15, 0.2) is 17.8 Å². The van der Waals surface area contributed by atoms with Crippen LogP contribution in [0.4, 0.5) is 0 Å². The van der Waals surface area contributed by atoms with Gasteiger partial charge < -0.3 is 9.84 Å². The van der Waals surface area contributed by atoms with Gasteiger partial charge in [-0.3, -0.25) is 0 Å². The minimum absolute atomic E-state index is 0.188. The Morgan fingerprint density at radius 3 is 3.06 bits per heavy atom. The van der Waals surface area contributed by atoms with Crippen LogP contribution < -0.4 is 4.74 Å². The lowest BCUT2D eigenvalue weighted by Crippen LogP contribution is -2.11. The second kappa shape index (κ2) is 5.18. The van der Waals surface area contributed by atoms with Crippen LogP contribution in [0.1, 0.15) is 35.4 Å². The van der Waals surface area contributed by atoms with Crippen molar-refractivity contribution in [2.24, 2.45) is 0 Å². The Balaban J connectivity index is 2.09. The van der Waals surface area contributed by atoms with E-state index in [0.717, 1.165) is 11.3 Å². The third-order valence-electron chi connectivity index (χ3n) is 2.32. The zero-order valence-corrected chi connectivity index (χ0v) is 10.8. The van der Waals surface area contributed by atoms with Crippen molar-refractivity contribution < 1.29 is 14.6 Å². The smallest absolute Gasteiger partial charge is 0.349 e. The maximum atomic E-state index is 10.9. The number of carboxylic acid groups (broad SMARTS) is 1. The molecule has 2 aromatic heterocycles. The van der Waals surface area contributed by atoms with Gasteiger partial charge in [0.25, 0.3) is 0 Å². The first-order chi connectivity index (χ1) is 8.59. The predicted molar refractivity (Wildman–Crippen MR) is 66.0 cm³/mol. The predicted octanol–water partition coefficient (Wildman–Crippen LogP) is 2.20. The Hall–Kier alpha value is -1.89. The number of rotatable bonds is 5. The summed E-state index contributed by atoms with van der Waals surface area (Å²) in [4.78, 5) is 15.2. The molecule has 0 bridgehead atoms. The second-order valence-corrected chi connectivity index (χ2v) is 4.84. The largest absolute Gasteiger partial charge is 0.484 e. The zero-order chi connectivity index (χ0) is 13.1. The Labute approximate surface area is 108 Å². The van der Waals surface area contributed by atoms with Crippen LogP contribution in [0.2, 0.25) is 0 Å². The summed E-state index contributed by atoms with van der Waals surface area (Å²) in [5.74, 6) is 0.0590. The summed E-state index contributed by atoms with van der Waals surface area (Å²) in [6, 6.07) is 1.83. The van der Waals surface area contributed by atoms with E-state index in [-0.39, 0.29) is 17.5 Å². The third kappa shape index (κ3) is 2.51. The summed E-state index contributed by atoms with van der Waals surface area (Å²) >= 11 is 1.14. The zero-order valence-electron chi connectivity index (χ0n) is 10.0. The maximum Gasteiger partial charge on any atom is 0.349 e. The molecule has 1 N–H and O–H groups in total. The van der Waals surface area contributed by atoms with Gasteiger partial charge in [-0.05, 0) is 25.3 Å². The van der Waals surface area contributed by atoms with Crippen LogP contribution >= 0.6 is 11.3 Å². The molecule has 2 aromatic rings. The molecule has 0 amide bonds. The second-order valence-electron chi connectivity index (χ2n) is 3.92. The van der Waals surface area contributed by atoms with Crippen molar-refractivity contribution in [1.82, 2.24) is 14.8 Å². The van der Waals surface area contributed by atoms with Crippen molar-refractivity contribution in [3.63, 3.8) is 0 Å². The van der Waals surface area contributed by atoms with Crippen LogP contribution in [0, 0.1) is 0 Å². The Morgan fingerprint density at radius 2 is 2.39 bits per heavy atom. The minimum Gasteiger partial charge on any atom is -0.484 e. The van der Waals surface area contributed by atoms with E-state index in [2.05, 4.69) is 10.1 Å². The molecule has 0 saturated heterocycles. The van der Waals surface area contributed by atoms with Gasteiger partial charge >= 0.3 is 5.97 Å². The van der Waals surface area contributed by atoms with E-state index in [9.17, 15) is 4.79 Å². The van der Waals surface area contributed by atoms with E-state index in [1.807, 2.05) is 13.8 Å². The van der Waals surface area contributed by atoms with Gasteiger partial charge in [0, 0.05) is 6.04 Å². The molecule has 18 heavy (non-hydrogen) atoms. The Bertz CT molecular complexity index is 547. The van der Waals surface area contributed by atoms with E-state index in [0.29, 0.717) is 11.6 Å². The number of thiophene rings is 1. The molecule has 0 aliphatic heterocycles. The normalized spacial score (nSPS) is 10.8. The first kappa shape index (κ1) is 12.6. The van der Waals surface area contributed by atoms with Gasteiger partial charge in [0.2, 0.25) is 0 Å². The Kier molecular flexibility index (Phi) is 3.61. The van der Waals surface area contributed by atoms with Gasteiger partial charge in [0.1, 0.15) is 18.7 Å². The minimum atomic E-state index is -0.981. The number of carbonyl (C=O) groups is 1. The molecule has 0 aliphatic carbocycles. The van der Waals surface area contributed by atoms with Crippen LogP contribution in [0.5, 0.6) is 5.75 Å². The molecule has 2 heterocycles. The number of nitrogens with zero attached hydrogens (tertiary/aromatic N) is 3. The van der Waals surface area contributed by atoms with E-state index < -0.39 is 5.97 Å². The van der Waals surface area contributed by atoms with Crippen molar-refractivity contribution in [2.75, 3.05) is 0 Å². The Morgan fingerprint density at radius 1 is 1.61 bits per heavy atom. The highest BCUT2D eigenvalue weighted by Gasteiger charge is 2.14. The van der Waals surface area contributed by atoms with Crippen LogP contribution in [-0.2, 0) is 6.61 Å². The number of carboxylic acids is 1. The lowest BCUT2D eigenvalue weighted by Gasteiger charge is -2.10. The highest BCUT2D eigenvalue weighted by molar-refractivity contribution is 7.12. The number of hydrogen-bond donors (Lipinski definition) is 1. The average Bonchev–Trinajstić information content (AvgIpc) is 2.94. The van der Waals surface area contributed by atoms with Crippen molar-refractivity contribution in [3.8, 4) is 5.75 Å². The molecule has 7 heteroatoms. The van der Waals surface area contributed by atoms with E-state index in [4.69, 9.17) is 9.84 Å². The first-order valence-corrected chi connectivity index (χ1v) is 6.29. The highest BCUT2D eigenvalue weighted by atomic mass is 32.1. The molecular weight excluding hydrogens is 254 g/mol. The fraction of sp³-hybridized carbons (Fsp3) is 0.364. The summed E-state index contributed by atoms with van der Waals surface area (Å²) in [6.07, 6.45) is 1.46. The summed E-state index contributed by atoms with van der Waals surface area (Å²) in [5.41, 5.74) is 0. The molecule has 0 radical (unpaired) electrons. The van der Waals surface area contributed by atoms with Crippen molar-refractivity contribution in [2.45, 2.75) is 26.5 Å². The van der Waals surface area contributed by atoms with Crippen molar-refractivity contribution in [1.29, 1.82) is 0 Å². The summed E-state index contributed by atoms with van der Waals surface area (Å²) in [5, 5.41) is 14.7. The van der Waals surface area contributed by atoms with Crippen LogP contribution in [0.3, 0.4) is 0 Å². The van der Waals surface area contributed by atoms with Gasteiger partial charge in [-0.1, -0.05) is 0 Å². The van der Waals surface area contributed by atoms with Gasteiger partial charge in [-0.2, -0.15) is 5.10 Å². The van der Waals surface area contributed by atoms with E-state index in [1.165, 1.54) is 6.33 Å². The summed E-state index contributed by atoms with van der Waals surface area (Å²) in [7, 11) is 0.